The molecule has 0 aliphatic heterocycles. The molecule has 0 saturated carbocycles. The molecular weight excluding hydrogens is 247 g/mol. The molecule has 6 heteroatoms. The van der Waals surface area contributed by atoms with E-state index >= 15 is 0 Å². The van der Waals surface area contributed by atoms with Crippen molar-refractivity contribution < 1.29 is 0 Å². The minimum Gasteiger partial charge on any atom is -0.368 e. The maximum Gasteiger partial charge on any atom is 0.221 e. The lowest BCUT2D eigenvalue weighted by atomic mass is 10.3. The van der Waals surface area contributed by atoms with Crippen LogP contribution < -0.4 is 11.1 Å². The Labute approximate surface area is 102 Å². The van der Waals surface area contributed by atoms with Gasteiger partial charge in [-0.1, -0.05) is 29.3 Å². The van der Waals surface area contributed by atoms with E-state index in [1.165, 1.54) is 0 Å². The molecule has 0 saturated heterocycles. The monoisotopic (exact) mass is 254 g/mol. The second-order valence-corrected chi connectivity index (χ2v) is 3.81. The van der Waals surface area contributed by atoms with Gasteiger partial charge in [0, 0.05) is 6.20 Å². The van der Waals surface area contributed by atoms with Crippen molar-refractivity contribution in [1.82, 2.24) is 9.97 Å². The third-order valence-electron chi connectivity index (χ3n) is 1.89. The van der Waals surface area contributed by atoms with Crippen molar-refractivity contribution in [3.63, 3.8) is 0 Å². The van der Waals surface area contributed by atoms with Gasteiger partial charge in [-0.2, -0.15) is 4.98 Å². The summed E-state index contributed by atoms with van der Waals surface area (Å²) in [5.41, 5.74) is 6.13. The highest BCUT2D eigenvalue weighted by Gasteiger charge is 2.05. The van der Waals surface area contributed by atoms with Crippen molar-refractivity contribution in [2.24, 2.45) is 0 Å². The molecule has 4 nitrogen and oxygen atoms in total. The first-order valence-corrected chi connectivity index (χ1v) is 5.22. The van der Waals surface area contributed by atoms with E-state index in [0.717, 1.165) is 0 Å². The lowest BCUT2D eigenvalue weighted by molar-refractivity contribution is 1.18. The molecule has 0 aliphatic carbocycles. The van der Waals surface area contributed by atoms with E-state index in [1.54, 1.807) is 30.5 Å². The van der Waals surface area contributed by atoms with Gasteiger partial charge in [-0.05, 0) is 18.2 Å². The molecule has 82 valence electrons. The molecule has 0 aliphatic rings. The summed E-state index contributed by atoms with van der Waals surface area (Å²) in [5.74, 6) is 0.764. The number of hydrogen-bond donors (Lipinski definition) is 2. The summed E-state index contributed by atoms with van der Waals surface area (Å²) < 4.78 is 0. The summed E-state index contributed by atoms with van der Waals surface area (Å²) in [4.78, 5) is 7.78. The van der Waals surface area contributed by atoms with Crippen molar-refractivity contribution in [3.05, 3.63) is 40.5 Å². The molecule has 0 unspecified atom stereocenters. The van der Waals surface area contributed by atoms with E-state index in [2.05, 4.69) is 15.3 Å². The standard InChI is InChI=1S/C10H8Cl2N4/c11-6-2-1-3-7(9(6)12)15-8-4-5-14-10(13)16-8/h1-5H,(H3,13,14,15,16). The number of hydrogen-bond acceptors (Lipinski definition) is 4. The van der Waals surface area contributed by atoms with Gasteiger partial charge in [0.15, 0.2) is 0 Å². The van der Waals surface area contributed by atoms with Gasteiger partial charge >= 0.3 is 0 Å². The summed E-state index contributed by atoms with van der Waals surface area (Å²) in [5, 5.41) is 3.93. The minimum atomic E-state index is 0.197. The zero-order valence-corrected chi connectivity index (χ0v) is 9.63. The maximum atomic E-state index is 6.01. The van der Waals surface area contributed by atoms with E-state index in [0.29, 0.717) is 21.6 Å². The maximum absolute atomic E-state index is 6.01. The average Bonchev–Trinajstić information content (AvgIpc) is 2.25. The molecule has 0 amide bonds. The Hall–Kier alpha value is -1.52. The van der Waals surface area contributed by atoms with Gasteiger partial charge in [-0.15, -0.1) is 0 Å². The number of halogens is 2. The highest BCUT2D eigenvalue weighted by molar-refractivity contribution is 6.43. The van der Waals surface area contributed by atoms with Crippen LogP contribution in [0.25, 0.3) is 0 Å². The molecule has 0 bridgehead atoms. The van der Waals surface area contributed by atoms with E-state index in [-0.39, 0.29) is 5.95 Å². The number of nitrogen functional groups attached to an aromatic ring is 1. The fourth-order valence-electron chi connectivity index (χ4n) is 1.18. The number of anilines is 3. The Balaban J connectivity index is 2.31. The van der Waals surface area contributed by atoms with Gasteiger partial charge in [0.25, 0.3) is 0 Å². The Morgan fingerprint density at radius 3 is 2.75 bits per heavy atom. The van der Waals surface area contributed by atoms with Crippen LogP contribution in [-0.2, 0) is 0 Å². The average molecular weight is 255 g/mol. The molecule has 2 rings (SSSR count). The lowest BCUT2D eigenvalue weighted by Gasteiger charge is -2.08. The Bertz CT molecular complexity index is 516. The molecule has 0 spiro atoms. The van der Waals surface area contributed by atoms with Gasteiger partial charge in [0.1, 0.15) is 5.82 Å². The van der Waals surface area contributed by atoms with Crippen molar-refractivity contribution >= 4 is 40.7 Å². The van der Waals surface area contributed by atoms with Crippen LogP contribution in [0.4, 0.5) is 17.5 Å². The van der Waals surface area contributed by atoms with Crippen LogP contribution in [0.15, 0.2) is 30.5 Å². The number of nitrogens with two attached hydrogens (primary N) is 1. The number of aromatic nitrogens is 2. The van der Waals surface area contributed by atoms with Crippen molar-refractivity contribution in [2.75, 3.05) is 11.1 Å². The molecule has 0 fully saturated rings. The highest BCUT2D eigenvalue weighted by atomic mass is 35.5. The van der Waals surface area contributed by atoms with Crippen molar-refractivity contribution in [2.45, 2.75) is 0 Å². The second kappa shape index (κ2) is 4.55. The van der Waals surface area contributed by atoms with Crippen LogP contribution in [0.2, 0.25) is 10.0 Å². The minimum absolute atomic E-state index is 0.197. The smallest absolute Gasteiger partial charge is 0.221 e. The molecule has 3 N–H and O–H groups in total. The summed E-state index contributed by atoms with van der Waals surface area (Å²) in [6.45, 7) is 0. The van der Waals surface area contributed by atoms with Crippen LogP contribution in [-0.4, -0.2) is 9.97 Å². The number of nitrogens with zero attached hydrogens (tertiary/aromatic N) is 2. The van der Waals surface area contributed by atoms with Crippen LogP contribution in [0.5, 0.6) is 0 Å². The number of nitrogens with one attached hydrogen (secondary N) is 1. The zero-order valence-electron chi connectivity index (χ0n) is 8.11. The first-order valence-electron chi connectivity index (χ1n) is 4.46. The predicted molar refractivity (Wildman–Crippen MR) is 66.2 cm³/mol. The topological polar surface area (TPSA) is 63.8 Å². The van der Waals surface area contributed by atoms with E-state index in [4.69, 9.17) is 28.9 Å². The summed E-state index contributed by atoms with van der Waals surface area (Å²) in [6, 6.07) is 6.99. The first kappa shape index (κ1) is 11.0. The molecule has 1 heterocycles. The van der Waals surface area contributed by atoms with Crippen molar-refractivity contribution in [1.29, 1.82) is 0 Å². The summed E-state index contributed by atoms with van der Waals surface area (Å²) >= 11 is 11.9. The predicted octanol–water partition coefficient (Wildman–Crippen LogP) is 3.11. The Kier molecular flexibility index (Phi) is 3.12. The largest absolute Gasteiger partial charge is 0.368 e. The van der Waals surface area contributed by atoms with Crippen LogP contribution >= 0.6 is 23.2 Å². The zero-order chi connectivity index (χ0) is 11.5. The SMILES string of the molecule is Nc1nccc(Nc2cccc(Cl)c2Cl)n1. The Morgan fingerprint density at radius 1 is 1.19 bits per heavy atom. The quantitative estimate of drug-likeness (QED) is 0.865. The summed E-state index contributed by atoms with van der Waals surface area (Å²) in [6.07, 6.45) is 1.56. The van der Waals surface area contributed by atoms with Crippen molar-refractivity contribution in [3.8, 4) is 0 Å². The lowest BCUT2D eigenvalue weighted by Crippen LogP contribution is -1.99. The van der Waals surface area contributed by atoms with E-state index in [1.807, 2.05) is 0 Å². The second-order valence-electron chi connectivity index (χ2n) is 3.03. The van der Waals surface area contributed by atoms with Gasteiger partial charge in [0.2, 0.25) is 5.95 Å². The molecule has 0 atom stereocenters. The fraction of sp³-hybridized carbons (Fsp3) is 0. The van der Waals surface area contributed by atoms with Gasteiger partial charge in [0.05, 0.1) is 15.7 Å². The molecule has 1 aromatic carbocycles. The van der Waals surface area contributed by atoms with E-state index in [9.17, 15) is 0 Å². The van der Waals surface area contributed by atoms with Gasteiger partial charge < -0.3 is 11.1 Å². The summed E-state index contributed by atoms with van der Waals surface area (Å²) in [7, 11) is 0. The molecule has 1 aromatic heterocycles. The van der Waals surface area contributed by atoms with Gasteiger partial charge in [-0.25, -0.2) is 4.98 Å². The van der Waals surface area contributed by atoms with Gasteiger partial charge in [-0.3, -0.25) is 0 Å². The number of benzene rings is 1. The third kappa shape index (κ3) is 2.35. The third-order valence-corrected chi connectivity index (χ3v) is 2.71. The normalized spacial score (nSPS) is 10.1. The Morgan fingerprint density at radius 2 is 2.00 bits per heavy atom. The van der Waals surface area contributed by atoms with Crippen LogP contribution in [0.1, 0.15) is 0 Å². The first-order chi connectivity index (χ1) is 7.66. The van der Waals surface area contributed by atoms with Crippen LogP contribution in [0.3, 0.4) is 0 Å². The molecule has 2 aromatic rings. The molecular formula is C10H8Cl2N4. The van der Waals surface area contributed by atoms with Crippen LogP contribution in [0, 0.1) is 0 Å². The highest BCUT2D eigenvalue weighted by Crippen LogP contribution is 2.31. The molecule has 16 heavy (non-hydrogen) atoms. The molecule has 0 radical (unpaired) electrons. The fourth-order valence-corrected chi connectivity index (χ4v) is 1.53. The van der Waals surface area contributed by atoms with E-state index < -0.39 is 0 Å². The number of rotatable bonds is 2.